The van der Waals surface area contributed by atoms with E-state index in [0.717, 1.165) is 28.1 Å². The topological polar surface area (TPSA) is 78.0 Å². The maximum Gasteiger partial charge on any atom is 0.224 e. The highest BCUT2D eigenvalue weighted by Gasteiger charge is 2.16. The van der Waals surface area contributed by atoms with Crippen molar-refractivity contribution in [2.45, 2.75) is 51.4 Å². The highest BCUT2D eigenvalue weighted by atomic mass is 16.3. The predicted octanol–water partition coefficient (Wildman–Crippen LogP) is 5.16. The van der Waals surface area contributed by atoms with Gasteiger partial charge in [-0.05, 0) is 54.7 Å². The first-order valence-corrected chi connectivity index (χ1v) is 10.2. The van der Waals surface area contributed by atoms with E-state index < -0.39 is 0 Å². The monoisotopic (exact) mass is 377 g/mol. The van der Waals surface area contributed by atoms with Crippen molar-refractivity contribution in [1.29, 1.82) is 0 Å². The molecule has 3 N–H and O–H groups in total. The third-order valence-corrected chi connectivity index (χ3v) is 5.55. The van der Waals surface area contributed by atoms with Gasteiger partial charge in [0.2, 0.25) is 5.91 Å². The molecule has 28 heavy (non-hydrogen) atoms. The van der Waals surface area contributed by atoms with E-state index in [1.165, 1.54) is 38.5 Å². The summed E-state index contributed by atoms with van der Waals surface area (Å²) < 4.78 is 0. The Hall–Kier alpha value is -2.82. The van der Waals surface area contributed by atoms with Crippen molar-refractivity contribution < 1.29 is 9.90 Å². The number of carbonyl (C=O) groups excluding carboxylic acids is 1. The number of nitrogens with one attached hydrogen (secondary N) is 2. The summed E-state index contributed by atoms with van der Waals surface area (Å²) in [7, 11) is 0. The number of nitrogens with zero attached hydrogens (tertiary/aromatic N) is 1. The highest BCUT2D eigenvalue weighted by molar-refractivity contribution is 5.93. The van der Waals surface area contributed by atoms with Crippen molar-refractivity contribution in [3.05, 3.63) is 53.9 Å². The van der Waals surface area contributed by atoms with Crippen LogP contribution in [0.15, 0.2) is 42.5 Å². The fraction of sp³-hybridized carbons (Fsp3) is 0.391. The Labute approximate surface area is 165 Å². The summed E-state index contributed by atoms with van der Waals surface area (Å²) in [6.45, 7) is 0. The van der Waals surface area contributed by atoms with E-state index in [1.807, 2.05) is 30.3 Å². The van der Waals surface area contributed by atoms with Crippen LogP contribution >= 0.6 is 0 Å². The van der Waals surface area contributed by atoms with Gasteiger partial charge in [0.15, 0.2) is 0 Å². The average Bonchev–Trinajstić information content (AvgIpc) is 2.87. The van der Waals surface area contributed by atoms with E-state index in [1.54, 1.807) is 12.1 Å². The van der Waals surface area contributed by atoms with Crippen molar-refractivity contribution in [2.75, 3.05) is 5.32 Å². The van der Waals surface area contributed by atoms with Crippen LogP contribution in [0.4, 0.5) is 5.69 Å². The van der Waals surface area contributed by atoms with E-state index in [0.29, 0.717) is 18.8 Å². The number of phenols is 1. The lowest BCUT2D eigenvalue weighted by Crippen LogP contribution is -2.16. The van der Waals surface area contributed by atoms with E-state index in [-0.39, 0.29) is 11.7 Å². The van der Waals surface area contributed by atoms with Crippen LogP contribution in [0.3, 0.4) is 0 Å². The minimum atomic E-state index is 0.103. The summed E-state index contributed by atoms with van der Waals surface area (Å²) >= 11 is 0. The second kappa shape index (κ2) is 8.46. The fourth-order valence-electron chi connectivity index (χ4n) is 4.13. The number of fused-ring (bicyclic) bond motifs is 1. The summed E-state index contributed by atoms with van der Waals surface area (Å²) in [4.78, 5) is 20.4. The lowest BCUT2D eigenvalue weighted by atomic mass is 9.96. The number of phenolic OH excluding ortho intramolecular Hbond substituents is 1. The smallest absolute Gasteiger partial charge is 0.224 e. The number of aromatic amines is 1. The van der Waals surface area contributed by atoms with Crippen molar-refractivity contribution >= 4 is 22.6 Å². The normalized spacial score (nSPS) is 15.4. The van der Waals surface area contributed by atoms with Crippen LogP contribution in [-0.2, 0) is 11.2 Å². The molecule has 1 aliphatic rings. The number of anilines is 1. The lowest BCUT2D eigenvalue weighted by Gasteiger charge is -2.13. The molecule has 0 atom stereocenters. The first-order valence-electron chi connectivity index (χ1n) is 10.2. The zero-order valence-electron chi connectivity index (χ0n) is 16.1. The van der Waals surface area contributed by atoms with Gasteiger partial charge in [-0.25, -0.2) is 4.98 Å². The Bertz CT molecular complexity index is 955. The molecule has 0 bridgehead atoms. The molecule has 0 radical (unpaired) electrons. The van der Waals surface area contributed by atoms with Gasteiger partial charge in [-0.1, -0.05) is 37.8 Å². The molecule has 0 spiro atoms. The SMILES string of the molecule is O=C(CC1CCCCCC1)Nc1ccc2nc(Cc3cccc(O)c3)[nH]c2c1. The quantitative estimate of drug-likeness (QED) is 0.538. The van der Waals surface area contributed by atoms with Gasteiger partial charge in [0.25, 0.3) is 0 Å². The van der Waals surface area contributed by atoms with Crippen molar-refractivity contribution in [2.24, 2.45) is 5.92 Å². The number of H-pyrrole nitrogens is 1. The number of benzene rings is 2. The molecule has 5 heteroatoms. The summed E-state index contributed by atoms with van der Waals surface area (Å²) in [5.41, 5.74) is 3.58. The molecular weight excluding hydrogens is 350 g/mol. The number of hydrogen-bond donors (Lipinski definition) is 3. The average molecular weight is 377 g/mol. The molecule has 0 aliphatic heterocycles. The maximum absolute atomic E-state index is 12.4. The highest BCUT2D eigenvalue weighted by Crippen LogP contribution is 2.26. The van der Waals surface area contributed by atoms with E-state index >= 15 is 0 Å². The molecular formula is C23H27N3O2. The molecule has 1 amide bonds. The number of hydrogen-bond acceptors (Lipinski definition) is 3. The molecule has 3 aromatic rings. The standard InChI is InChI=1S/C23H27N3O2/c27-19-9-5-8-17(12-19)13-22-25-20-11-10-18(15-21(20)26-22)24-23(28)14-16-6-3-1-2-4-7-16/h5,8-12,15-16,27H,1-4,6-7,13-14H2,(H,24,28)(H,25,26). The van der Waals surface area contributed by atoms with Gasteiger partial charge in [0.05, 0.1) is 11.0 Å². The van der Waals surface area contributed by atoms with Crippen LogP contribution < -0.4 is 5.32 Å². The minimum Gasteiger partial charge on any atom is -0.508 e. The number of imidazole rings is 1. The Morgan fingerprint density at radius 1 is 1.11 bits per heavy atom. The molecule has 146 valence electrons. The molecule has 2 aromatic carbocycles. The van der Waals surface area contributed by atoms with Crippen molar-refractivity contribution in [3.63, 3.8) is 0 Å². The maximum atomic E-state index is 12.4. The third-order valence-electron chi connectivity index (χ3n) is 5.55. The predicted molar refractivity (Wildman–Crippen MR) is 111 cm³/mol. The van der Waals surface area contributed by atoms with Gasteiger partial charge >= 0.3 is 0 Å². The Morgan fingerprint density at radius 3 is 2.71 bits per heavy atom. The van der Waals surface area contributed by atoms with Gasteiger partial charge in [-0.3, -0.25) is 4.79 Å². The van der Waals surface area contributed by atoms with Gasteiger partial charge in [0, 0.05) is 18.5 Å². The van der Waals surface area contributed by atoms with Crippen LogP contribution in [-0.4, -0.2) is 21.0 Å². The Balaban J connectivity index is 1.41. The van der Waals surface area contributed by atoms with Crippen molar-refractivity contribution in [1.82, 2.24) is 9.97 Å². The molecule has 4 rings (SSSR count). The van der Waals surface area contributed by atoms with Crippen LogP contribution in [0.25, 0.3) is 11.0 Å². The molecule has 1 heterocycles. The molecule has 1 saturated carbocycles. The molecule has 5 nitrogen and oxygen atoms in total. The van der Waals surface area contributed by atoms with Gasteiger partial charge in [-0.15, -0.1) is 0 Å². The molecule has 1 aliphatic carbocycles. The van der Waals surface area contributed by atoms with Crippen molar-refractivity contribution in [3.8, 4) is 5.75 Å². The van der Waals surface area contributed by atoms with E-state index in [9.17, 15) is 9.90 Å². The second-order valence-electron chi connectivity index (χ2n) is 7.87. The first-order chi connectivity index (χ1) is 13.7. The summed E-state index contributed by atoms with van der Waals surface area (Å²) in [5.74, 6) is 1.72. The van der Waals surface area contributed by atoms with Gasteiger partial charge < -0.3 is 15.4 Å². The van der Waals surface area contributed by atoms with Gasteiger partial charge in [-0.2, -0.15) is 0 Å². The number of aromatic nitrogens is 2. The Kier molecular flexibility index (Phi) is 5.60. The number of amides is 1. The first kappa shape index (κ1) is 18.5. The number of rotatable bonds is 5. The van der Waals surface area contributed by atoms with Crippen LogP contribution in [0.2, 0.25) is 0 Å². The zero-order valence-corrected chi connectivity index (χ0v) is 16.1. The molecule has 1 fully saturated rings. The fourth-order valence-corrected chi connectivity index (χ4v) is 4.13. The van der Waals surface area contributed by atoms with E-state index in [4.69, 9.17) is 0 Å². The minimum absolute atomic E-state index is 0.103. The van der Waals surface area contributed by atoms with Crippen LogP contribution in [0, 0.1) is 5.92 Å². The number of aromatic hydroxyl groups is 1. The lowest BCUT2D eigenvalue weighted by molar-refractivity contribution is -0.117. The Morgan fingerprint density at radius 2 is 1.93 bits per heavy atom. The summed E-state index contributed by atoms with van der Waals surface area (Å²) in [5, 5.41) is 12.7. The zero-order chi connectivity index (χ0) is 19.3. The van der Waals surface area contributed by atoms with Gasteiger partial charge in [0.1, 0.15) is 11.6 Å². The largest absolute Gasteiger partial charge is 0.508 e. The molecule has 1 aromatic heterocycles. The summed E-state index contributed by atoms with van der Waals surface area (Å²) in [6.07, 6.45) is 8.69. The third kappa shape index (κ3) is 4.71. The van der Waals surface area contributed by atoms with Crippen LogP contribution in [0.1, 0.15) is 56.3 Å². The van der Waals surface area contributed by atoms with Crippen LogP contribution in [0.5, 0.6) is 5.75 Å². The number of carbonyl (C=O) groups is 1. The van der Waals surface area contributed by atoms with E-state index in [2.05, 4.69) is 15.3 Å². The molecule has 0 saturated heterocycles. The summed E-state index contributed by atoms with van der Waals surface area (Å²) in [6, 6.07) is 13.0. The second-order valence-corrected chi connectivity index (χ2v) is 7.87. The molecule has 0 unspecified atom stereocenters.